The van der Waals surface area contributed by atoms with Crippen molar-refractivity contribution in [2.45, 2.75) is 44.4 Å². The Bertz CT molecular complexity index is 803. The van der Waals surface area contributed by atoms with Crippen LogP contribution in [0.1, 0.15) is 33.8 Å². The highest BCUT2D eigenvalue weighted by Gasteiger charge is 2.42. The third-order valence-electron chi connectivity index (χ3n) is 4.64. The van der Waals surface area contributed by atoms with Crippen LogP contribution < -0.4 is 10.1 Å². The van der Waals surface area contributed by atoms with Gasteiger partial charge in [-0.25, -0.2) is 0 Å². The monoisotopic (exact) mass is 371 g/mol. The van der Waals surface area contributed by atoms with Crippen LogP contribution in [0.3, 0.4) is 0 Å². The number of carbonyl (C=O) groups excluding carboxylic acids is 2. The molecule has 6 nitrogen and oxygen atoms in total. The number of thiophene rings is 1. The highest BCUT2D eigenvalue weighted by Crippen LogP contribution is 2.28. The largest absolute Gasteiger partial charge is 0.487 e. The third kappa shape index (κ3) is 3.72. The van der Waals surface area contributed by atoms with Crippen LogP contribution in [-0.4, -0.2) is 46.4 Å². The van der Waals surface area contributed by atoms with E-state index < -0.39 is 6.04 Å². The highest BCUT2D eigenvalue weighted by molar-refractivity contribution is 7.13. The molecule has 4 rings (SSSR count). The second-order valence-corrected chi connectivity index (χ2v) is 8.12. The summed E-state index contributed by atoms with van der Waals surface area (Å²) in [5.74, 6) is 0.475. The molecule has 1 N–H and O–H groups in total. The normalized spacial score (nSPS) is 22.3. The minimum Gasteiger partial charge on any atom is -0.487 e. The number of amides is 2. The van der Waals surface area contributed by atoms with Gasteiger partial charge in [0.05, 0.1) is 17.6 Å². The van der Waals surface area contributed by atoms with Crippen LogP contribution in [0, 0.1) is 6.92 Å². The number of likely N-dealkylation sites (tertiary alicyclic amines) is 1. The molecule has 1 aliphatic carbocycles. The van der Waals surface area contributed by atoms with Crippen molar-refractivity contribution >= 4 is 23.2 Å². The van der Waals surface area contributed by atoms with Crippen molar-refractivity contribution in [2.75, 3.05) is 6.54 Å². The molecule has 2 amide bonds. The molecule has 0 unspecified atom stereocenters. The number of aryl methyl sites for hydroxylation is 1. The molecule has 0 bridgehead atoms. The van der Waals surface area contributed by atoms with Crippen molar-refractivity contribution in [1.29, 1.82) is 0 Å². The molecule has 0 radical (unpaired) electrons. The fourth-order valence-electron chi connectivity index (χ4n) is 3.18. The van der Waals surface area contributed by atoms with E-state index in [2.05, 4.69) is 10.3 Å². The minimum atomic E-state index is -0.493. The van der Waals surface area contributed by atoms with Gasteiger partial charge in [-0.3, -0.25) is 14.6 Å². The van der Waals surface area contributed by atoms with Gasteiger partial charge in [0.15, 0.2) is 0 Å². The smallest absolute Gasteiger partial charge is 0.264 e. The van der Waals surface area contributed by atoms with E-state index in [0.717, 1.165) is 17.7 Å². The lowest BCUT2D eigenvalue weighted by Gasteiger charge is -2.23. The van der Waals surface area contributed by atoms with Crippen molar-refractivity contribution in [3.63, 3.8) is 0 Å². The topological polar surface area (TPSA) is 71.5 Å². The summed E-state index contributed by atoms with van der Waals surface area (Å²) >= 11 is 1.45. The number of aromatic nitrogens is 1. The van der Waals surface area contributed by atoms with Gasteiger partial charge in [-0.15, -0.1) is 11.3 Å². The Labute approximate surface area is 156 Å². The summed E-state index contributed by atoms with van der Waals surface area (Å²) in [6.07, 6.45) is 5.63. The second-order valence-electron chi connectivity index (χ2n) is 6.83. The molecule has 1 aliphatic heterocycles. The van der Waals surface area contributed by atoms with E-state index in [1.807, 2.05) is 25.1 Å². The van der Waals surface area contributed by atoms with E-state index in [0.29, 0.717) is 23.6 Å². The number of carbonyl (C=O) groups is 2. The number of pyridine rings is 1. The van der Waals surface area contributed by atoms with Gasteiger partial charge in [-0.05, 0) is 44.0 Å². The standard InChI is InChI=1S/C19H21N3O3S/c1-12-4-7-17(26-12)19(24)22-11-15(25-14-3-2-8-20-10-14)9-16(22)18(23)21-13-5-6-13/h2-4,7-8,10,13,15-16H,5-6,9,11H2,1H3,(H,21,23)/t15-,16-/m0/s1. The summed E-state index contributed by atoms with van der Waals surface area (Å²) in [6, 6.07) is 7.16. The first-order valence-corrected chi connectivity index (χ1v) is 9.66. The summed E-state index contributed by atoms with van der Waals surface area (Å²) < 4.78 is 5.96. The predicted molar refractivity (Wildman–Crippen MR) is 98.3 cm³/mol. The van der Waals surface area contributed by atoms with Crippen LogP contribution in [0.4, 0.5) is 0 Å². The zero-order chi connectivity index (χ0) is 18.1. The lowest BCUT2D eigenvalue weighted by atomic mass is 10.1. The Morgan fingerprint density at radius 1 is 1.31 bits per heavy atom. The molecule has 7 heteroatoms. The minimum absolute atomic E-state index is 0.0774. The fraction of sp³-hybridized carbons (Fsp3) is 0.421. The number of hydrogen-bond acceptors (Lipinski definition) is 5. The van der Waals surface area contributed by atoms with E-state index in [1.165, 1.54) is 11.3 Å². The maximum Gasteiger partial charge on any atom is 0.264 e. The Hall–Kier alpha value is -2.41. The van der Waals surface area contributed by atoms with Gasteiger partial charge in [0.2, 0.25) is 5.91 Å². The fourth-order valence-corrected chi connectivity index (χ4v) is 4.00. The van der Waals surface area contributed by atoms with Gasteiger partial charge in [0.1, 0.15) is 17.9 Å². The molecular weight excluding hydrogens is 350 g/mol. The summed E-state index contributed by atoms with van der Waals surface area (Å²) in [6.45, 7) is 2.37. The number of ether oxygens (including phenoxy) is 1. The molecular formula is C19H21N3O3S. The molecule has 2 fully saturated rings. The molecule has 2 aromatic heterocycles. The first-order valence-electron chi connectivity index (χ1n) is 8.84. The Balaban J connectivity index is 1.52. The number of rotatable bonds is 5. The summed E-state index contributed by atoms with van der Waals surface area (Å²) in [5, 5.41) is 3.02. The lowest BCUT2D eigenvalue weighted by Crippen LogP contribution is -2.46. The van der Waals surface area contributed by atoms with Crippen LogP contribution in [0.15, 0.2) is 36.7 Å². The van der Waals surface area contributed by atoms with Gasteiger partial charge in [0, 0.05) is 23.5 Å². The van der Waals surface area contributed by atoms with E-state index in [9.17, 15) is 9.59 Å². The summed E-state index contributed by atoms with van der Waals surface area (Å²) in [4.78, 5) is 33.1. The number of hydrogen-bond donors (Lipinski definition) is 1. The number of nitrogens with one attached hydrogen (secondary N) is 1. The molecule has 1 saturated heterocycles. The van der Waals surface area contributed by atoms with Crippen molar-refractivity contribution < 1.29 is 14.3 Å². The Morgan fingerprint density at radius 2 is 2.15 bits per heavy atom. The van der Waals surface area contributed by atoms with Gasteiger partial charge in [-0.2, -0.15) is 0 Å². The lowest BCUT2D eigenvalue weighted by molar-refractivity contribution is -0.125. The Kier molecular flexibility index (Phi) is 4.63. The van der Waals surface area contributed by atoms with Crippen molar-refractivity contribution in [3.8, 4) is 5.75 Å². The zero-order valence-corrected chi connectivity index (χ0v) is 15.4. The van der Waals surface area contributed by atoms with Gasteiger partial charge in [0.25, 0.3) is 5.91 Å². The average Bonchev–Trinajstić information content (AvgIpc) is 3.17. The molecule has 26 heavy (non-hydrogen) atoms. The first-order chi connectivity index (χ1) is 12.6. The zero-order valence-electron chi connectivity index (χ0n) is 14.6. The summed E-state index contributed by atoms with van der Waals surface area (Å²) in [7, 11) is 0. The Morgan fingerprint density at radius 3 is 2.81 bits per heavy atom. The van der Waals surface area contributed by atoms with Crippen molar-refractivity contribution in [1.82, 2.24) is 15.2 Å². The van der Waals surface area contributed by atoms with Gasteiger partial charge >= 0.3 is 0 Å². The highest BCUT2D eigenvalue weighted by atomic mass is 32.1. The first kappa shape index (κ1) is 17.0. The molecule has 2 atom stereocenters. The van der Waals surface area contributed by atoms with Gasteiger partial charge in [-0.1, -0.05) is 0 Å². The average molecular weight is 371 g/mol. The van der Waals surface area contributed by atoms with Crippen LogP contribution in [0.25, 0.3) is 0 Å². The van der Waals surface area contributed by atoms with Crippen molar-refractivity contribution in [2.24, 2.45) is 0 Å². The molecule has 3 heterocycles. The predicted octanol–water partition coefficient (Wildman–Crippen LogP) is 2.39. The quantitative estimate of drug-likeness (QED) is 0.876. The van der Waals surface area contributed by atoms with E-state index >= 15 is 0 Å². The molecule has 2 aromatic rings. The molecule has 1 saturated carbocycles. The van der Waals surface area contributed by atoms with E-state index in [1.54, 1.807) is 23.4 Å². The maximum absolute atomic E-state index is 13.0. The summed E-state index contributed by atoms with van der Waals surface area (Å²) in [5.41, 5.74) is 0. The van der Waals surface area contributed by atoms with Crippen LogP contribution in [0.5, 0.6) is 5.75 Å². The number of nitrogens with zero attached hydrogens (tertiary/aromatic N) is 2. The third-order valence-corrected chi connectivity index (χ3v) is 5.63. The van der Waals surface area contributed by atoms with Crippen LogP contribution in [0.2, 0.25) is 0 Å². The SMILES string of the molecule is Cc1ccc(C(=O)N2C[C@@H](Oc3cccnc3)C[C@H]2C(=O)NC2CC2)s1. The molecule has 0 aromatic carbocycles. The van der Waals surface area contributed by atoms with E-state index in [-0.39, 0.29) is 24.0 Å². The second kappa shape index (κ2) is 7.07. The molecule has 136 valence electrons. The van der Waals surface area contributed by atoms with Gasteiger partial charge < -0.3 is 15.0 Å². The maximum atomic E-state index is 13.0. The van der Waals surface area contributed by atoms with Crippen LogP contribution >= 0.6 is 11.3 Å². The molecule has 0 spiro atoms. The van der Waals surface area contributed by atoms with Crippen molar-refractivity contribution in [3.05, 3.63) is 46.4 Å². The van der Waals surface area contributed by atoms with Crippen LogP contribution in [-0.2, 0) is 4.79 Å². The molecule has 2 aliphatic rings. The van der Waals surface area contributed by atoms with E-state index in [4.69, 9.17) is 4.74 Å².